The van der Waals surface area contributed by atoms with Crippen LogP contribution in [0.3, 0.4) is 0 Å². The lowest BCUT2D eigenvalue weighted by Gasteiger charge is -2.07. The van der Waals surface area contributed by atoms with E-state index in [1.807, 2.05) is 0 Å². The van der Waals surface area contributed by atoms with Gasteiger partial charge in [0.1, 0.15) is 0 Å². The van der Waals surface area contributed by atoms with Gasteiger partial charge in [0.2, 0.25) is 0 Å². The van der Waals surface area contributed by atoms with Gasteiger partial charge in [-0.15, -0.1) is 6.58 Å². The van der Waals surface area contributed by atoms with Gasteiger partial charge in [0.05, 0.1) is 6.54 Å². The van der Waals surface area contributed by atoms with E-state index in [-0.39, 0.29) is 25.2 Å². The van der Waals surface area contributed by atoms with Crippen molar-refractivity contribution in [3.05, 3.63) is 12.7 Å². The van der Waals surface area contributed by atoms with Gasteiger partial charge in [-0.2, -0.15) is 0 Å². The van der Waals surface area contributed by atoms with E-state index in [9.17, 15) is 9.59 Å². The normalized spacial score (nSPS) is 9.25. The van der Waals surface area contributed by atoms with E-state index in [4.69, 9.17) is 17.3 Å². The van der Waals surface area contributed by atoms with Crippen LogP contribution in [-0.2, 0) is 9.59 Å². The highest BCUT2D eigenvalue weighted by Gasteiger charge is 2.04. The van der Waals surface area contributed by atoms with Crippen molar-refractivity contribution < 1.29 is 14.7 Å². The summed E-state index contributed by atoms with van der Waals surface area (Å²) in [6.45, 7) is 4.18. The zero-order chi connectivity index (χ0) is 12.4. The number of carboxylic acids is 1. The molecule has 0 saturated carbocycles. The number of nitrogens with one attached hydrogen (secondary N) is 2. The molecule has 0 aromatic carbocycles. The van der Waals surface area contributed by atoms with E-state index in [0.29, 0.717) is 18.1 Å². The van der Waals surface area contributed by atoms with Crippen LogP contribution in [0.5, 0.6) is 0 Å². The molecule has 0 aromatic heterocycles. The largest absolute Gasteiger partial charge is 0.481 e. The van der Waals surface area contributed by atoms with E-state index in [0.717, 1.165) is 0 Å². The van der Waals surface area contributed by atoms with Crippen LogP contribution in [0.2, 0.25) is 0 Å². The Morgan fingerprint density at radius 3 is 2.56 bits per heavy atom. The van der Waals surface area contributed by atoms with Gasteiger partial charge in [-0.3, -0.25) is 9.59 Å². The molecule has 0 aliphatic carbocycles. The van der Waals surface area contributed by atoms with Gasteiger partial charge in [0, 0.05) is 19.4 Å². The lowest BCUT2D eigenvalue weighted by atomic mass is 10.2. The van der Waals surface area contributed by atoms with Gasteiger partial charge in [-0.05, 0) is 18.6 Å². The Morgan fingerprint density at radius 1 is 1.31 bits per heavy atom. The van der Waals surface area contributed by atoms with Gasteiger partial charge < -0.3 is 15.7 Å². The van der Waals surface area contributed by atoms with Crippen LogP contribution < -0.4 is 10.6 Å². The van der Waals surface area contributed by atoms with E-state index in [2.05, 4.69) is 17.2 Å². The van der Waals surface area contributed by atoms with Gasteiger partial charge in [0.15, 0.2) is 10.9 Å². The fraction of sp³-hybridized carbons (Fsp3) is 0.500. The molecule has 0 spiro atoms. The van der Waals surface area contributed by atoms with Crippen LogP contribution in [0.1, 0.15) is 19.3 Å². The molecule has 16 heavy (non-hydrogen) atoms. The average molecular weight is 244 g/mol. The molecule has 0 heterocycles. The Morgan fingerprint density at radius 2 is 2.00 bits per heavy atom. The summed E-state index contributed by atoms with van der Waals surface area (Å²) >= 11 is 4.88. The van der Waals surface area contributed by atoms with Crippen LogP contribution in [0.4, 0.5) is 0 Å². The average Bonchev–Trinajstić information content (AvgIpc) is 2.23. The van der Waals surface area contributed by atoms with Crippen molar-refractivity contribution in [1.82, 2.24) is 10.6 Å². The Kier molecular flexibility index (Phi) is 8.05. The third-order valence-corrected chi connectivity index (χ3v) is 1.99. The van der Waals surface area contributed by atoms with E-state index < -0.39 is 5.97 Å². The molecule has 0 aromatic rings. The number of aliphatic carboxylic acids is 1. The summed E-state index contributed by atoms with van der Waals surface area (Å²) in [4.78, 5) is 21.4. The predicted octanol–water partition coefficient (Wildman–Crippen LogP) is 0.460. The zero-order valence-electron chi connectivity index (χ0n) is 8.99. The van der Waals surface area contributed by atoms with Crippen LogP contribution in [0.25, 0.3) is 0 Å². The number of thiocarbonyl (C=S) groups is 1. The standard InChI is InChI=1S/C10H16N2O3S/c1-2-6-11-10(16)12-7-8(13)4-3-5-9(14)15/h2H,1,3-7H2,(H,14,15)(H2,11,12,16). The first kappa shape index (κ1) is 14.6. The third kappa shape index (κ3) is 9.14. The Labute approximate surface area is 99.9 Å². The molecular weight excluding hydrogens is 228 g/mol. The highest BCUT2D eigenvalue weighted by atomic mass is 32.1. The molecule has 0 unspecified atom stereocenters. The van der Waals surface area contributed by atoms with Gasteiger partial charge in [-0.25, -0.2) is 0 Å². The molecule has 0 amide bonds. The molecule has 0 radical (unpaired) electrons. The predicted molar refractivity (Wildman–Crippen MR) is 65.3 cm³/mol. The molecule has 0 aliphatic heterocycles. The van der Waals surface area contributed by atoms with Crippen molar-refractivity contribution in [2.75, 3.05) is 13.1 Å². The minimum atomic E-state index is -0.885. The van der Waals surface area contributed by atoms with Crippen LogP contribution in [-0.4, -0.2) is 35.1 Å². The van der Waals surface area contributed by atoms with Crippen molar-refractivity contribution >= 4 is 29.1 Å². The van der Waals surface area contributed by atoms with Crippen molar-refractivity contribution in [3.63, 3.8) is 0 Å². The van der Waals surface area contributed by atoms with Crippen molar-refractivity contribution in [1.29, 1.82) is 0 Å². The third-order valence-electron chi connectivity index (χ3n) is 1.70. The lowest BCUT2D eigenvalue weighted by molar-refractivity contribution is -0.137. The van der Waals surface area contributed by atoms with E-state index >= 15 is 0 Å². The van der Waals surface area contributed by atoms with E-state index in [1.54, 1.807) is 6.08 Å². The smallest absolute Gasteiger partial charge is 0.303 e. The monoisotopic (exact) mass is 244 g/mol. The lowest BCUT2D eigenvalue weighted by Crippen LogP contribution is -2.38. The number of hydrogen-bond acceptors (Lipinski definition) is 3. The summed E-state index contributed by atoms with van der Waals surface area (Å²) in [6, 6.07) is 0. The first-order valence-corrected chi connectivity index (χ1v) is 5.33. The molecule has 6 heteroatoms. The van der Waals surface area contributed by atoms with Crippen LogP contribution in [0, 0.1) is 0 Å². The highest BCUT2D eigenvalue weighted by molar-refractivity contribution is 7.80. The van der Waals surface area contributed by atoms with Crippen LogP contribution in [0.15, 0.2) is 12.7 Å². The van der Waals surface area contributed by atoms with Crippen molar-refractivity contribution in [2.45, 2.75) is 19.3 Å². The quantitative estimate of drug-likeness (QED) is 0.425. The minimum absolute atomic E-state index is 0.0188. The first-order chi connectivity index (χ1) is 7.56. The fourth-order valence-corrected chi connectivity index (χ4v) is 1.09. The molecule has 0 atom stereocenters. The molecule has 5 nitrogen and oxygen atoms in total. The Bertz CT molecular complexity index is 279. The number of rotatable bonds is 8. The topological polar surface area (TPSA) is 78.4 Å². The second kappa shape index (κ2) is 8.84. The summed E-state index contributed by atoms with van der Waals surface area (Å²) in [5, 5.41) is 14.3. The molecule has 0 saturated heterocycles. The summed E-state index contributed by atoms with van der Waals surface area (Å²) in [6.07, 6.45) is 2.29. The number of Topliss-reactive ketones (excluding diaryl/α,β-unsaturated/α-hetero) is 1. The molecule has 0 bridgehead atoms. The number of carbonyl (C=O) groups excluding carboxylic acids is 1. The summed E-state index contributed by atoms with van der Waals surface area (Å²) in [5.74, 6) is -0.937. The molecule has 0 rings (SSSR count). The zero-order valence-corrected chi connectivity index (χ0v) is 9.81. The SMILES string of the molecule is C=CCNC(=S)NCC(=O)CCCC(=O)O. The van der Waals surface area contributed by atoms with Gasteiger partial charge in [-0.1, -0.05) is 6.08 Å². The Hall–Kier alpha value is -1.43. The molecular formula is C10H16N2O3S. The summed E-state index contributed by atoms with van der Waals surface area (Å²) in [7, 11) is 0. The maximum absolute atomic E-state index is 11.2. The summed E-state index contributed by atoms with van der Waals surface area (Å²) < 4.78 is 0. The maximum atomic E-state index is 11.2. The number of ketones is 1. The minimum Gasteiger partial charge on any atom is -0.481 e. The van der Waals surface area contributed by atoms with Crippen molar-refractivity contribution in [3.8, 4) is 0 Å². The molecule has 90 valence electrons. The van der Waals surface area contributed by atoms with Gasteiger partial charge in [0.25, 0.3) is 0 Å². The number of hydrogen-bond donors (Lipinski definition) is 3. The molecule has 3 N–H and O–H groups in total. The first-order valence-electron chi connectivity index (χ1n) is 4.92. The van der Waals surface area contributed by atoms with Crippen molar-refractivity contribution in [2.24, 2.45) is 0 Å². The van der Waals surface area contributed by atoms with Gasteiger partial charge >= 0.3 is 5.97 Å². The van der Waals surface area contributed by atoms with Crippen LogP contribution >= 0.6 is 12.2 Å². The number of carboxylic acid groups (broad SMARTS) is 1. The Balaban J connectivity index is 3.53. The maximum Gasteiger partial charge on any atom is 0.303 e. The second-order valence-corrected chi connectivity index (χ2v) is 3.55. The molecule has 0 fully saturated rings. The second-order valence-electron chi connectivity index (χ2n) is 3.14. The number of carbonyl (C=O) groups is 2. The summed E-state index contributed by atoms with van der Waals surface area (Å²) in [5.41, 5.74) is 0. The fourth-order valence-electron chi connectivity index (χ4n) is 0.931. The highest BCUT2D eigenvalue weighted by Crippen LogP contribution is 1.95. The van der Waals surface area contributed by atoms with E-state index in [1.165, 1.54) is 0 Å². The molecule has 0 aliphatic rings.